The van der Waals surface area contributed by atoms with Crippen LogP contribution in [-0.4, -0.2) is 30.2 Å². The summed E-state index contributed by atoms with van der Waals surface area (Å²) in [5.41, 5.74) is 0.874. The predicted molar refractivity (Wildman–Crippen MR) is 49.3 cm³/mol. The smallest absolute Gasteiger partial charge is 0.163 e. The molecule has 0 aliphatic heterocycles. The highest BCUT2D eigenvalue weighted by Crippen LogP contribution is 2.18. The number of benzene rings is 1. The number of aliphatic hydroxyl groups is 2. The molecule has 13 heavy (non-hydrogen) atoms. The van der Waals surface area contributed by atoms with Crippen molar-refractivity contribution in [2.45, 2.75) is 12.2 Å². The largest absolute Gasteiger partial charge is 0.396 e. The van der Waals surface area contributed by atoms with Crippen LogP contribution in [0.2, 0.25) is 0 Å². The molecule has 1 rings (SSSR count). The van der Waals surface area contributed by atoms with E-state index in [4.69, 9.17) is 9.84 Å². The lowest BCUT2D eigenvalue weighted by Crippen LogP contribution is -2.23. The van der Waals surface area contributed by atoms with Gasteiger partial charge in [0.05, 0.1) is 12.5 Å². The number of hydrogen-bond donors (Lipinski definition) is 2. The van der Waals surface area contributed by atoms with E-state index in [2.05, 4.69) is 0 Å². The number of ether oxygens (including phenoxy) is 1. The summed E-state index contributed by atoms with van der Waals surface area (Å²) in [5, 5.41) is 18.4. The lowest BCUT2D eigenvalue weighted by molar-refractivity contribution is -0.0998. The van der Waals surface area contributed by atoms with Crippen molar-refractivity contribution in [1.82, 2.24) is 0 Å². The second-order valence-electron chi connectivity index (χ2n) is 2.83. The Labute approximate surface area is 77.6 Å². The first kappa shape index (κ1) is 10.2. The maximum absolute atomic E-state index is 9.39. The fourth-order valence-electron chi connectivity index (χ4n) is 1.22. The van der Waals surface area contributed by atoms with E-state index < -0.39 is 6.29 Å². The molecule has 0 fully saturated rings. The summed E-state index contributed by atoms with van der Waals surface area (Å²) in [5.74, 6) is -0.369. The van der Waals surface area contributed by atoms with Crippen LogP contribution in [0.3, 0.4) is 0 Å². The highest BCUT2D eigenvalue weighted by Gasteiger charge is 2.19. The predicted octanol–water partition coefficient (Wildman–Crippen LogP) is 0.727. The minimum absolute atomic E-state index is 0.126. The Morgan fingerprint density at radius 2 is 1.92 bits per heavy atom. The second kappa shape index (κ2) is 4.97. The third kappa shape index (κ3) is 2.52. The Hall–Kier alpha value is -0.900. The van der Waals surface area contributed by atoms with Crippen molar-refractivity contribution in [3.8, 4) is 0 Å². The summed E-state index contributed by atoms with van der Waals surface area (Å²) in [7, 11) is 1.41. The van der Waals surface area contributed by atoms with E-state index in [1.54, 1.807) is 0 Å². The first-order valence-corrected chi connectivity index (χ1v) is 4.16. The topological polar surface area (TPSA) is 49.7 Å². The van der Waals surface area contributed by atoms with E-state index in [9.17, 15) is 5.11 Å². The highest BCUT2D eigenvalue weighted by atomic mass is 16.6. The Kier molecular flexibility index (Phi) is 3.89. The molecule has 2 atom stereocenters. The molecule has 3 heteroatoms. The molecule has 0 heterocycles. The minimum atomic E-state index is -0.951. The molecule has 0 aromatic heterocycles. The summed E-state index contributed by atoms with van der Waals surface area (Å²) >= 11 is 0. The summed E-state index contributed by atoms with van der Waals surface area (Å²) in [6, 6.07) is 9.31. The van der Waals surface area contributed by atoms with Crippen LogP contribution in [0.5, 0.6) is 0 Å². The molecule has 1 aromatic carbocycles. The van der Waals surface area contributed by atoms with Gasteiger partial charge in [0.1, 0.15) is 0 Å². The van der Waals surface area contributed by atoms with Gasteiger partial charge >= 0.3 is 0 Å². The third-order valence-corrected chi connectivity index (χ3v) is 2.01. The first-order chi connectivity index (χ1) is 6.29. The van der Waals surface area contributed by atoms with E-state index in [-0.39, 0.29) is 12.5 Å². The SMILES string of the molecule is COC(O)C(CO)c1ccccc1. The lowest BCUT2D eigenvalue weighted by atomic mass is 10.00. The van der Waals surface area contributed by atoms with Crippen molar-refractivity contribution in [1.29, 1.82) is 0 Å². The van der Waals surface area contributed by atoms with Gasteiger partial charge in [-0.1, -0.05) is 30.3 Å². The molecule has 0 amide bonds. The normalized spacial score (nSPS) is 15.3. The van der Waals surface area contributed by atoms with Crippen molar-refractivity contribution in [2.24, 2.45) is 0 Å². The molecule has 0 saturated carbocycles. The molecule has 0 aliphatic carbocycles. The molecule has 0 spiro atoms. The molecule has 0 radical (unpaired) electrons. The van der Waals surface area contributed by atoms with Crippen LogP contribution in [-0.2, 0) is 4.74 Å². The Morgan fingerprint density at radius 3 is 2.38 bits per heavy atom. The van der Waals surface area contributed by atoms with Crippen LogP contribution >= 0.6 is 0 Å². The number of rotatable bonds is 4. The van der Waals surface area contributed by atoms with Crippen molar-refractivity contribution in [2.75, 3.05) is 13.7 Å². The van der Waals surface area contributed by atoms with Gasteiger partial charge in [0.2, 0.25) is 0 Å². The molecular formula is C10H14O3. The maximum Gasteiger partial charge on any atom is 0.163 e. The lowest BCUT2D eigenvalue weighted by Gasteiger charge is -2.19. The van der Waals surface area contributed by atoms with E-state index in [1.165, 1.54) is 7.11 Å². The van der Waals surface area contributed by atoms with Gasteiger partial charge in [-0.25, -0.2) is 0 Å². The van der Waals surface area contributed by atoms with E-state index in [0.717, 1.165) is 5.56 Å². The summed E-state index contributed by atoms with van der Waals surface area (Å²) in [4.78, 5) is 0. The van der Waals surface area contributed by atoms with Gasteiger partial charge in [-0.05, 0) is 5.56 Å². The zero-order valence-corrected chi connectivity index (χ0v) is 7.55. The highest BCUT2D eigenvalue weighted by molar-refractivity contribution is 5.20. The molecule has 2 unspecified atom stereocenters. The molecule has 1 aromatic rings. The molecule has 0 aliphatic rings. The first-order valence-electron chi connectivity index (χ1n) is 4.16. The summed E-state index contributed by atoms with van der Waals surface area (Å²) in [6.45, 7) is -0.126. The van der Waals surface area contributed by atoms with Crippen LogP contribution in [0.1, 0.15) is 11.5 Å². The monoisotopic (exact) mass is 182 g/mol. The van der Waals surface area contributed by atoms with Gasteiger partial charge in [-0.3, -0.25) is 0 Å². The number of aliphatic hydroxyl groups excluding tert-OH is 2. The maximum atomic E-state index is 9.39. The fourth-order valence-corrected chi connectivity index (χ4v) is 1.22. The van der Waals surface area contributed by atoms with E-state index >= 15 is 0 Å². The van der Waals surface area contributed by atoms with Crippen LogP contribution in [0.15, 0.2) is 30.3 Å². The van der Waals surface area contributed by atoms with Gasteiger partial charge in [-0.2, -0.15) is 0 Å². The Morgan fingerprint density at radius 1 is 1.31 bits per heavy atom. The van der Waals surface area contributed by atoms with Gasteiger partial charge < -0.3 is 14.9 Å². The van der Waals surface area contributed by atoms with Crippen LogP contribution in [0, 0.1) is 0 Å². The molecule has 72 valence electrons. The quantitative estimate of drug-likeness (QED) is 0.675. The van der Waals surface area contributed by atoms with Gasteiger partial charge in [-0.15, -0.1) is 0 Å². The minimum Gasteiger partial charge on any atom is -0.396 e. The number of methoxy groups -OCH3 is 1. The number of hydrogen-bond acceptors (Lipinski definition) is 3. The second-order valence-corrected chi connectivity index (χ2v) is 2.83. The average molecular weight is 182 g/mol. The molecular weight excluding hydrogens is 168 g/mol. The van der Waals surface area contributed by atoms with Crippen LogP contribution < -0.4 is 0 Å². The van der Waals surface area contributed by atoms with Crippen molar-refractivity contribution < 1.29 is 14.9 Å². The van der Waals surface area contributed by atoms with Crippen LogP contribution in [0.25, 0.3) is 0 Å². The van der Waals surface area contributed by atoms with Gasteiger partial charge in [0.15, 0.2) is 6.29 Å². The van der Waals surface area contributed by atoms with Crippen molar-refractivity contribution >= 4 is 0 Å². The van der Waals surface area contributed by atoms with Crippen LogP contribution in [0.4, 0.5) is 0 Å². The summed E-state index contributed by atoms with van der Waals surface area (Å²) in [6.07, 6.45) is -0.951. The third-order valence-electron chi connectivity index (χ3n) is 2.01. The molecule has 0 bridgehead atoms. The molecule has 3 nitrogen and oxygen atoms in total. The molecule has 0 saturated heterocycles. The Bertz CT molecular complexity index is 235. The zero-order chi connectivity index (χ0) is 9.68. The summed E-state index contributed by atoms with van der Waals surface area (Å²) < 4.78 is 4.75. The Balaban J connectivity index is 2.78. The van der Waals surface area contributed by atoms with Crippen molar-refractivity contribution in [3.63, 3.8) is 0 Å². The zero-order valence-electron chi connectivity index (χ0n) is 7.55. The van der Waals surface area contributed by atoms with E-state index in [1.807, 2.05) is 30.3 Å². The molecule has 2 N–H and O–H groups in total. The standard InChI is InChI=1S/C10H14O3/c1-13-10(12)9(7-11)8-5-3-2-4-6-8/h2-6,9-12H,7H2,1H3. The van der Waals surface area contributed by atoms with Gasteiger partial charge in [0.25, 0.3) is 0 Å². The average Bonchev–Trinajstić information content (AvgIpc) is 2.20. The van der Waals surface area contributed by atoms with Gasteiger partial charge in [0, 0.05) is 7.11 Å². The fraction of sp³-hybridized carbons (Fsp3) is 0.400. The van der Waals surface area contributed by atoms with E-state index in [0.29, 0.717) is 0 Å². The van der Waals surface area contributed by atoms with Crippen molar-refractivity contribution in [3.05, 3.63) is 35.9 Å².